The molecule has 246 valence electrons. The third kappa shape index (κ3) is 5.75. The maximum absolute atomic E-state index is 8.54. The number of aromatic nitrogens is 2. The summed E-state index contributed by atoms with van der Waals surface area (Å²) in [5, 5.41) is 0. The fourth-order valence-corrected chi connectivity index (χ4v) is 7.23. The van der Waals surface area contributed by atoms with Crippen molar-refractivity contribution in [3.63, 3.8) is 0 Å². The highest BCUT2D eigenvalue weighted by Gasteiger charge is 2.26. The first-order chi connectivity index (χ1) is 26.5. The predicted molar refractivity (Wildman–Crippen MR) is 203 cm³/mol. The summed E-state index contributed by atoms with van der Waals surface area (Å²) in [5.41, 5.74) is 10.2. The number of nitrogens with zero attached hydrogens (tertiary/aromatic N) is 5. The summed E-state index contributed by atoms with van der Waals surface area (Å²) < 4.78 is 48.1. The molecule has 4 heterocycles. The van der Waals surface area contributed by atoms with Gasteiger partial charge in [-0.25, -0.2) is 14.8 Å². The second kappa shape index (κ2) is 13.2. The molecule has 0 radical (unpaired) electrons. The van der Waals surface area contributed by atoms with Crippen molar-refractivity contribution in [2.24, 2.45) is 0 Å². The maximum Gasteiger partial charge on any atom is 0.196 e. The summed E-state index contributed by atoms with van der Waals surface area (Å²) in [6.07, 6.45) is 7.09. The van der Waals surface area contributed by atoms with Crippen LogP contribution in [-0.2, 0) is 12.8 Å². The van der Waals surface area contributed by atoms with Crippen LogP contribution in [0.4, 0.5) is 28.7 Å². The molecule has 0 saturated heterocycles. The Balaban J connectivity index is 1.13. The Hall–Kier alpha value is -5.93. The molecule has 2 aromatic heterocycles. The number of hydrogen-bond donors (Lipinski definition) is 0. The van der Waals surface area contributed by atoms with Crippen molar-refractivity contribution < 1.29 is 11.6 Å². The van der Waals surface area contributed by atoms with Crippen molar-refractivity contribution in [3.05, 3.63) is 149 Å². The second-order valence-electron chi connectivity index (χ2n) is 12.9. The lowest BCUT2D eigenvalue weighted by Crippen LogP contribution is -2.26. The number of pyridine rings is 2. The van der Waals surface area contributed by atoms with Crippen LogP contribution in [0.2, 0.25) is 0 Å². The molecule has 0 unspecified atom stereocenters. The molecule has 0 aliphatic carbocycles. The van der Waals surface area contributed by atoms with Crippen LogP contribution < -0.4 is 14.5 Å². The third-order valence-corrected chi connectivity index (χ3v) is 9.91. The van der Waals surface area contributed by atoms with Crippen LogP contribution in [-0.4, -0.2) is 23.1 Å². The summed E-state index contributed by atoms with van der Waals surface area (Å²) in [6.45, 7) is 15.5. The first-order valence-electron chi connectivity index (χ1n) is 19.5. The molecule has 0 saturated carbocycles. The first-order valence-corrected chi connectivity index (χ1v) is 17.0. The molecule has 0 bridgehead atoms. The quantitative estimate of drug-likeness (QED) is 0.167. The van der Waals surface area contributed by atoms with E-state index in [2.05, 4.69) is 51.9 Å². The number of fused-ring (bicyclic) bond motifs is 2. The molecule has 8 rings (SSSR count). The van der Waals surface area contributed by atoms with E-state index in [0.717, 1.165) is 82.8 Å². The molecule has 0 fully saturated rings. The lowest BCUT2D eigenvalue weighted by atomic mass is 9.96. The van der Waals surface area contributed by atoms with Gasteiger partial charge >= 0.3 is 0 Å². The van der Waals surface area contributed by atoms with Gasteiger partial charge in [0.1, 0.15) is 23.1 Å². The normalized spacial score (nSPS) is 15.1. The number of ether oxygens (including phenoxy) is 1. The van der Waals surface area contributed by atoms with Gasteiger partial charge in [0.25, 0.3) is 0 Å². The molecule has 0 spiro atoms. The summed E-state index contributed by atoms with van der Waals surface area (Å²) in [6, 6.07) is 20.7. The first kappa shape index (κ1) is 26.0. The summed E-state index contributed by atoms with van der Waals surface area (Å²) >= 11 is 0. The molecule has 2 aliphatic rings. The van der Waals surface area contributed by atoms with Gasteiger partial charge in [-0.2, -0.15) is 0 Å². The van der Waals surface area contributed by atoms with Crippen LogP contribution in [0, 0.1) is 27.3 Å². The van der Waals surface area contributed by atoms with Gasteiger partial charge in [-0.3, -0.25) is 0 Å². The lowest BCUT2D eigenvalue weighted by molar-refractivity contribution is 0.482. The number of aryl methyl sites for hydroxylation is 2. The second-order valence-corrected chi connectivity index (χ2v) is 12.9. The van der Waals surface area contributed by atoms with E-state index in [1.807, 2.05) is 56.4 Å². The number of anilines is 4. The fraction of sp³-hybridized carbons (Fsp3) is 0.205. The van der Waals surface area contributed by atoms with Gasteiger partial charge in [0, 0.05) is 60.1 Å². The number of rotatable bonds is 6. The maximum atomic E-state index is 8.54. The predicted octanol–water partition coefficient (Wildman–Crippen LogP) is 11.2. The van der Waals surface area contributed by atoms with Crippen LogP contribution in [0.15, 0.2) is 109 Å². The monoisotopic (exact) mass is 658 g/mol. The summed E-state index contributed by atoms with van der Waals surface area (Å²) in [4.78, 5) is 18.1. The Morgan fingerprint density at radius 2 is 1.50 bits per heavy atom. The zero-order valence-corrected chi connectivity index (χ0v) is 28.4. The van der Waals surface area contributed by atoms with E-state index in [-0.39, 0.29) is 29.7 Å². The minimum absolute atomic E-state index is 0.134. The molecule has 2 aliphatic heterocycles. The third-order valence-electron chi connectivity index (χ3n) is 9.91. The van der Waals surface area contributed by atoms with Crippen LogP contribution in [0.25, 0.3) is 27.1 Å². The lowest BCUT2D eigenvalue weighted by Gasteiger charge is -2.33. The minimum Gasteiger partial charge on any atom is -0.459 e. The average Bonchev–Trinajstić information content (AvgIpc) is 3.20. The summed E-state index contributed by atoms with van der Waals surface area (Å²) in [5.74, 6) is 2.79. The fourth-order valence-electron chi connectivity index (χ4n) is 7.23. The SMILES string of the molecule is [2H]c1c([2H])c([2H])c(-c2cnc(N3CCCc4c([N+]#[C-])cc(Oc5ccc6c(c5)N(c5cc(C)c(-c7ccccc7)cn5)CCC6)cc43)c(C)c2C)c([2H])c1[2H]. The van der Waals surface area contributed by atoms with Gasteiger partial charge in [-0.1, -0.05) is 66.6 Å². The van der Waals surface area contributed by atoms with Gasteiger partial charge in [0.2, 0.25) is 0 Å². The standard InChI is InChI=1S/C44H39N5O/c1-29-23-43(46-27-38(29)32-13-7-5-8-14-32)48-21-11-17-34-19-20-35(25-41(34)48)50-36-24-40(45-4)37-18-12-22-49(42(37)26-36)44-31(3)30(2)39(28-47-44)33-15-9-6-10-16-33/h5-10,13-16,19-20,23-28H,11-12,17-18,21-22H2,1-3H3/i6D,9D,10D,15D,16D. The van der Waals surface area contributed by atoms with Crippen molar-refractivity contribution in [1.29, 1.82) is 0 Å². The Labute approximate surface area is 301 Å². The Morgan fingerprint density at radius 1 is 0.740 bits per heavy atom. The summed E-state index contributed by atoms with van der Waals surface area (Å²) in [7, 11) is 0. The molecule has 4 aromatic carbocycles. The van der Waals surface area contributed by atoms with Gasteiger partial charge in [-0.15, -0.1) is 0 Å². The van der Waals surface area contributed by atoms with Gasteiger partial charge < -0.3 is 14.5 Å². The average molecular weight is 659 g/mol. The van der Waals surface area contributed by atoms with E-state index in [1.165, 1.54) is 5.56 Å². The largest absolute Gasteiger partial charge is 0.459 e. The molecular formula is C44H39N5O. The van der Waals surface area contributed by atoms with Crippen LogP contribution in [0.3, 0.4) is 0 Å². The Bertz CT molecular complexity index is 2520. The van der Waals surface area contributed by atoms with Gasteiger partial charge in [0.05, 0.1) is 13.4 Å². The van der Waals surface area contributed by atoms with E-state index in [9.17, 15) is 0 Å². The van der Waals surface area contributed by atoms with E-state index in [0.29, 0.717) is 35.1 Å². The zero-order valence-electron chi connectivity index (χ0n) is 33.4. The highest BCUT2D eigenvalue weighted by atomic mass is 16.5. The molecule has 0 atom stereocenters. The highest BCUT2D eigenvalue weighted by molar-refractivity contribution is 5.79. The number of benzene rings is 4. The van der Waals surface area contributed by atoms with Crippen molar-refractivity contribution in [2.45, 2.75) is 46.5 Å². The highest BCUT2D eigenvalue weighted by Crippen LogP contribution is 2.45. The van der Waals surface area contributed by atoms with Crippen molar-refractivity contribution in [3.8, 4) is 33.8 Å². The molecule has 0 amide bonds. The van der Waals surface area contributed by atoms with Crippen LogP contribution in [0.1, 0.15) is 47.5 Å². The van der Waals surface area contributed by atoms with Gasteiger partial charge in [0.15, 0.2) is 5.69 Å². The molecule has 50 heavy (non-hydrogen) atoms. The zero-order chi connectivity index (χ0) is 38.5. The van der Waals surface area contributed by atoms with Crippen molar-refractivity contribution >= 4 is 28.7 Å². The molecule has 6 nitrogen and oxygen atoms in total. The van der Waals surface area contributed by atoms with Crippen LogP contribution in [0.5, 0.6) is 11.5 Å². The van der Waals surface area contributed by atoms with Crippen molar-refractivity contribution in [2.75, 3.05) is 22.9 Å². The van der Waals surface area contributed by atoms with Gasteiger partial charge in [-0.05, 0) is 104 Å². The van der Waals surface area contributed by atoms with E-state index >= 15 is 0 Å². The van der Waals surface area contributed by atoms with E-state index in [1.54, 1.807) is 6.20 Å². The van der Waals surface area contributed by atoms with Crippen LogP contribution >= 0.6 is 0 Å². The smallest absolute Gasteiger partial charge is 0.196 e. The van der Waals surface area contributed by atoms with E-state index in [4.69, 9.17) is 28.1 Å². The van der Waals surface area contributed by atoms with Crippen molar-refractivity contribution in [1.82, 2.24) is 9.97 Å². The molecular weight excluding hydrogens is 615 g/mol. The Kier molecular flexibility index (Phi) is 6.85. The minimum atomic E-state index is -0.426. The molecule has 6 heteroatoms. The Morgan fingerprint density at radius 3 is 2.30 bits per heavy atom. The number of hydrogen-bond acceptors (Lipinski definition) is 5. The molecule has 0 N–H and O–H groups in total. The topological polar surface area (TPSA) is 45.9 Å². The molecule has 6 aromatic rings. The van der Waals surface area contributed by atoms with E-state index < -0.39 is 6.04 Å².